The number of rotatable bonds is 6. The van der Waals surface area contributed by atoms with Crippen molar-refractivity contribution in [2.75, 3.05) is 6.54 Å². The third-order valence-electron chi connectivity index (χ3n) is 3.35. The zero-order valence-corrected chi connectivity index (χ0v) is 10.7. The Morgan fingerprint density at radius 1 is 1.35 bits per heavy atom. The molecule has 1 atom stereocenters. The highest BCUT2D eigenvalue weighted by atomic mass is 16.4. The summed E-state index contributed by atoms with van der Waals surface area (Å²) in [4.78, 5) is 24.7. The van der Waals surface area contributed by atoms with Gasteiger partial charge in [-0.2, -0.15) is 0 Å². The van der Waals surface area contributed by atoms with E-state index in [9.17, 15) is 14.7 Å². The van der Waals surface area contributed by atoms with Crippen molar-refractivity contribution in [2.24, 2.45) is 0 Å². The smallest absolute Gasteiger partial charge is 0.326 e. The molecule has 1 aliphatic rings. The van der Waals surface area contributed by atoms with Gasteiger partial charge in [0, 0.05) is 13.0 Å². The molecule has 1 rings (SSSR count). The second-order valence-electron chi connectivity index (χ2n) is 4.75. The summed E-state index contributed by atoms with van der Waals surface area (Å²) in [5.41, 5.74) is 0. The fourth-order valence-electron chi connectivity index (χ4n) is 2.33. The van der Waals surface area contributed by atoms with Crippen molar-refractivity contribution in [1.82, 2.24) is 4.90 Å². The number of aliphatic carboxylic acids is 1. The van der Waals surface area contributed by atoms with Crippen LogP contribution in [0, 0.1) is 0 Å². The summed E-state index contributed by atoms with van der Waals surface area (Å²) >= 11 is 0. The van der Waals surface area contributed by atoms with Crippen LogP contribution < -0.4 is 0 Å². The number of unbranched alkanes of at least 4 members (excludes halogenated alkanes) is 2. The van der Waals surface area contributed by atoms with Gasteiger partial charge in [-0.3, -0.25) is 4.79 Å². The molecule has 0 saturated carbocycles. The number of carboxylic acids is 1. The lowest BCUT2D eigenvalue weighted by molar-refractivity contribution is -0.150. The highest BCUT2D eigenvalue weighted by Crippen LogP contribution is 2.18. The lowest BCUT2D eigenvalue weighted by Gasteiger charge is -2.27. The van der Waals surface area contributed by atoms with Crippen LogP contribution in [0.2, 0.25) is 0 Å². The van der Waals surface area contributed by atoms with Crippen molar-refractivity contribution in [3.05, 3.63) is 0 Å². The standard InChI is InChI=1S/C13H23NO3/c1-2-3-5-8-11(13(16)17)14-10-7-4-6-9-12(14)15/h11H,2-10H2,1H3,(H,16,17). The first kappa shape index (κ1) is 14.0. The molecule has 0 aliphatic carbocycles. The second-order valence-corrected chi connectivity index (χ2v) is 4.75. The fourth-order valence-corrected chi connectivity index (χ4v) is 2.33. The monoisotopic (exact) mass is 241 g/mol. The summed E-state index contributed by atoms with van der Waals surface area (Å²) in [5, 5.41) is 9.24. The molecule has 1 N–H and O–H groups in total. The molecule has 17 heavy (non-hydrogen) atoms. The fraction of sp³-hybridized carbons (Fsp3) is 0.846. The Morgan fingerprint density at radius 2 is 2.12 bits per heavy atom. The molecular formula is C13H23NO3. The van der Waals surface area contributed by atoms with Crippen LogP contribution in [0.3, 0.4) is 0 Å². The zero-order chi connectivity index (χ0) is 12.7. The first-order chi connectivity index (χ1) is 8.16. The summed E-state index contributed by atoms with van der Waals surface area (Å²) in [6.45, 7) is 2.70. The molecule has 0 aromatic carbocycles. The molecule has 1 amide bonds. The average Bonchev–Trinajstić information content (AvgIpc) is 2.49. The molecule has 1 unspecified atom stereocenters. The summed E-state index contributed by atoms with van der Waals surface area (Å²) in [6, 6.07) is -0.604. The van der Waals surface area contributed by atoms with Crippen molar-refractivity contribution in [1.29, 1.82) is 0 Å². The Labute approximate surface area is 103 Å². The number of carboxylic acid groups (broad SMARTS) is 1. The van der Waals surface area contributed by atoms with Gasteiger partial charge in [0.2, 0.25) is 5.91 Å². The SMILES string of the molecule is CCCCCC(C(=O)O)N1CCCCCC1=O. The van der Waals surface area contributed by atoms with E-state index in [0.717, 1.165) is 38.5 Å². The van der Waals surface area contributed by atoms with E-state index in [4.69, 9.17) is 0 Å². The quantitative estimate of drug-likeness (QED) is 0.726. The lowest BCUT2D eigenvalue weighted by Crippen LogP contribution is -2.44. The number of amides is 1. The van der Waals surface area contributed by atoms with Crippen molar-refractivity contribution < 1.29 is 14.7 Å². The van der Waals surface area contributed by atoms with Crippen molar-refractivity contribution >= 4 is 11.9 Å². The van der Waals surface area contributed by atoms with Gasteiger partial charge in [-0.25, -0.2) is 4.79 Å². The highest BCUT2D eigenvalue weighted by molar-refractivity contribution is 5.83. The maximum Gasteiger partial charge on any atom is 0.326 e. The van der Waals surface area contributed by atoms with Gasteiger partial charge in [-0.15, -0.1) is 0 Å². The van der Waals surface area contributed by atoms with Crippen LogP contribution in [0.1, 0.15) is 58.3 Å². The maximum atomic E-state index is 11.9. The minimum Gasteiger partial charge on any atom is -0.480 e. The van der Waals surface area contributed by atoms with E-state index in [1.165, 1.54) is 0 Å². The molecule has 0 bridgehead atoms. The lowest BCUT2D eigenvalue weighted by atomic mass is 10.1. The van der Waals surface area contributed by atoms with E-state index in [-0.39, 0.29) is 5.91 Å². The highest BCUT2D eigenvalue weighted by Gasteiger charge is 2.29. The molecule has 1 heterocycles. The Kier molecular flexibility index (Phi) is 6.01. The van der Waals surface area contributed by atoms with Gasteiger partial charge < -0.3 is 10.0 Å². The first-order valence-electron chi connectivity index (χ1n) is 6.69. The van der Waals surface area contributed by atoms with Crippen LogP contribution in [0.25, 0.3) is 0 Å². The average molecular weight is 241 g/mol. The molecule has 1 saturated heterocycles. The minimum atomic E-state index is -0.851. The summed E-state index contributed by atoms with van der Waals surface area (Å²) in [5.74, 6) is -0.831. The van der Waals surface area contributed by atoms with Crippen LogP contribution >= 0.6 is 0 Å². The minimum absolute atomic E-state index is 0.0198. The number of hydrogen-bond acceptors (Lipinski definition) is 2. The van der Waals surface area contributed by atoms with E-state index < -0.39 is 12.0 Å². The van der Waals surface area contributed by atoms with E-state index in [2.05, 4.69) is 6.92 Å². The zero-order valence-electron chi connectivity index (χ0n) is 10.7. The predicted molar refractivity (Wildman–Crippen MR) is 65.7 cm³/mol. The molecule has 98 valence electrons. The van der Waals surface area contributed by atoms with Gasteiger partial charge >= 0.3 is 5.97 Å². The largest absolute Gasteiger partial charge is 0.480 e. The topological polar surface area (TPSA) is 57.6 Å². The van der Waals surface area contributed by atoms with E-state index in [0.29, 0.717) is 19.4 Å². The van der Waals surface area contributed by atoms with Gasteiger partial charge in [-0.05, 0) is 19.3 Å². The van der Waals surface area contributed by atoms with Crippen molar-refractivity contribution in [3.63, 3.8) is 0 Å². The predicted octanol–water partition coefficient (Wildman–Crippen LogP) is 2.42. The van der Waals surface area contributed by atoms with E-state index >= 15 is 0 Å². The molecule has 0 radical (unpaired) electrons. The third kappa shape index (κ3) is 4.36. The van der Waals surface area contributed by atoms with Crippen LogP contribution in [0.15, 0.2) is 0 Å². The molecule has 0 spiro atoms. The molecule has 4 nitrogen and oxygen atoms in total. The molecular weight excluding hydrogens is 218 g/mol. The normalized spacial score (nSPS) is 18.9. The van der Waals surface area contributed by atoms with Crippen LogP contribution in [0.4, 0.5) is 0 Å². The van der Waals surface area contributed by atoms with Gasteiger partial charge in [0.05, 0.1) is 0 Å². The molecule has 0 aromatic rings. The van der Waals surface area contributed by atoms with Crippen LogP contribution in [-0.4, -0.2) is 34.5 Å². The summed E-state index contributed by atoms with van der Waals surface area (Å²) in [6.07, 6.45) is 6.96. The number of carbonyl (C=O) groups excluding carboxylic acids is 1. The van der Waals surface area contributed by atoms with Crippen LogP contribution in [0.5, 0.6) is 0 Å². The molecule has 0 aromatic heterocycles. The first-order valence-corrected chi connectivity index (χ1v) is 6.69. The Bertz CT molecular complexity index is 265. The van der Waals surface area contributed by atoms with Crippen molar-refractivity contribution in [3.8, 4) is 0 Å². The maximum absolute atomic E-state index is 11.9. The molecule has 1 fully saturated rings. The number of nitrogens with zero attached hydrogens (tertiary/aromatic N) is 1. The number of carbonyl (C=O) groups is 2. The van der Waals surface area contributed by atoms with Gasteiger partial charge in [0.15, 0.2) is 0 Å². The number of hydrogen-bond donors (Lipinski definition) is 1. The van der Waals surface area contributed by atoms with Crippen LogP contribution in [-0.2, 0) is 9.59 Å². The van der Waals surface area contributed by atoms with Gasteiger partial charge in [0.1, 0.15) is 6.04 Å². The van der Waals surface area contributed by atoms with Crippen molar-refractivity contribution in [2.45, 2.75) is 64.3 Å². The number of likely N-dealkylation sites (tertiary alicyclic amines) is 1. The second kappa shape index (κ2) is 7.30. The summed E-state index contributed by atoms with van der Waals surface area (Å²) in [7, 11) is 0. The van der Waals surface area contributed by atoms with Gasteiger partial charge in [-0.1, -0.05) is 32.6 Å². The molecule has 1 aliphatic heterocycles. The Balaban J connectivity index is 2.60. The summed E-state index contributed by atoms with van der Waals surface area (Å²) < 4.78 is 0. The Morgan fingerprint density at radius 3 is 2.76 bits per heavy atom. The third-order valence-corrected chi connectivity index (χ3v) is 3.35. The van der Waals surface area contributed by atoms with E-state index in [1.807, 2.05) is 0 Å². The van der Waals surface area contributed by atoms with Gasteiger partial charge in [0.25, 0.3) is 0 Å². The Hall–Kier alpha value is -1.06. The van der Waals surface area contributed by atoms with E-state index in [1.54, 1.807) is 4.90 Å². The molecule has 4 heteroatoms.